The number of hydrogen-bond acceptors (Lipinski definition) is 2. The van der Waals surface area contributed by atoms with Crippen molar-refractivity contribution in [2.75, 3.05) is 7.11 Å². The van der Waals surface area contributed by atoms with Crippen molar-refractivity contribution in [3.63, 3.8) is 0 Å². The van der Waals surface area contributed by atoms with E-state index in [9.17, 15) is 4.79 Å². The van der Waals surface area contributed by atoms with Crippen LogP contribution in [0.25, 0.3) is 0 Å². The predicted octanol–water partition coefficient (Wildman–Crippen LogP) is 3.24. The zero-order chi connectivity index (χ0) is 12.2. The van der Waals surface area contributed by atoms with Gasteiger partial charge in [-0.05, 0) is 18.1 Å². The van der Waals surface area contributed by atoms with Gasteiger partial charge in [-0.15, -0.1) is 0 Å². The first-order valence-electron chi connectivity index (χ1n) is 5.60. The van der Waals surface area contributed by atoms with E-state index in [2.05, 4.69) is 0 Å². The summed E-state index contributed by atoms with van der Waals surface area (Å²) < 4.78 is 5.25. The van der Waals surface area contributed by atoms with Gasteiger partial charge in [0, 0.05) is 11.8 Å². The molecule has 2 nitrogen and oxygen atoms in total. The molecule has 0 radical (unpaired) electrons. The third-order valence-corrected chi connectivity index (χ3v) is 2.65. The lowest BCUT2D eigenvalue weighted by Gasteiger charge is -2.16. The van der Waals surface area contributed by atoms with E-state index >= 15 is 0 Å². The van der Waals surface area contributed by atoms with Crippen LogP contribution in [0, 0.1) is 5.41 Å². The second-order valence-electron chi connectivity index (χ2n) is 4.99. The molecule has 0 heterocycles. The van der Waals surface area contributed by atoms with Crippen LogP contribution in [-0.2, 0) is 11.2 Å². The van der Waals surface area contributed by atoms with Crippen LogP contribution >= 0.6 is 0 Å². The fourth-order valence-corrected chi connectivity index (χ4v) is 1.53. The number of rotatable bonds is 4. The summed E-state index contributed by atoms with van der Waals surface area (Å²) in [5.74, 6) is 1.16. The number of hydrogen-bond donors (Lipinski definition) is 0. The number of methoxy groups -OCH3 is 1. The first-order valence-corrected chi connectivity index (χ1v) is 5.60. The molecule has 16 heavy (non-hydrogen) atoms. The monoisotopic (exact) mass is 220 g/mol. The van der Waals surface area contributed by atoms with Crippen LogP contribution in [0.1, 0.15) is 32.8 Å². The highest BCUT2D eigenvalue weighted by Gasteiger charge is 2.20. The molecule has 2 heteroatoms. The number of carbonyl (C=O) groups is 1. The molecule has 0 aromatic heterocycles. The van der Waals surface area contributed by atoms with Crippen LogP contribution < -0.4 is 4.74 Å². The number of ketones is 1. The Morgan fingerprint density at radius 2 is 1.88 bits per heavy atom. The normalized spacial score (nSPS) is 11.2. The zero-order valence-electron chi connectivity index (χ0n) is 10.5. The summed E-state index contributed by atoms with van der Waals surface area (Å²) >= 11 is 0. The number of benzene rings is 1. The van der Waals surface area contributed by atoms with Gasteiger partial charge in [0.05, 0.1) is 7.11 Å². The van der Waals surface area contributed by atoms with Crippen LogP contribution in [0.15, 0.2) is 24.3 Å². The second-order valence-corrected chi connectivity index (χ2v) is 4.99. The number of ether oxygens (including phenoxy) is 1. The lowest BCUT2D eigenvalue weighted by molar-refractivity contribution is -0.126. The van der Waals surface area contributed by atoms with Gasteiger partial charge in [0.1, 0.15) is 11.5 Å². The Hall–Kier alpha value is -1.31. The zero-order valence-corrected chi connectivity index (χ0v) is 10.5. The first kappa shape index (κ1) is 12.8. The molecule has 0 bridgehead atoms. The van der Waals surface area contributed by atoms with E-state index in [4.69, 9.17) is 4.74 Å². The minimum absolute atomic E-state index is 0.248. The van der Waals surface area contributed by atoms with Crippen molar-refractivity contribution < 1.29 is 9.53 Å². The van der Waals surface area contributed by atoms with E-state index in [0.29, 0.717) is 12.2 Å². The summed E-state index contributed by atoms with van der Waals surface area (Å²) in [6.45, 7) is 5.87. The molecule has 0 saturated heterocycles. The van der Waals surface area contributed by atoms with Crippen LogP contribution in [0.3, 0.4) is 0 Å². The average molecular weight is 220 g/mol. The topological polar surface area (TPSA) is 26.3 Å². The Balaban J connectivity index is 2.65. The molecule has 1 aromatic carbocycles. The summed E-state index contributed by atoms with van der Waals surface area (Å²) in [7, 11) is 1.66. The minimum atomic E-state index is -0.248. The quantitative estimate of drug-likeness (QED) is 0.778. The SMILES string of the molecule is COc1ccccc1CCC(=O)C(C)(C)C. The molecule has 88 valence electrons. The van der Waals surface area contributed by atoms with E-state index < -0.39 is 0 Å². The van der Waals surface area contributed by atoms with Crippen molar-refractivity contribution in [1.82, 2.24) is 0 Å². The standard InChI is InChI=1S/C14H20O2/c1-14(2,3)13(15)10-9-11-7-5-6-8-12(11)16-4/h5-8H,9-10H2,1-4H3. The van der Waals surface area contributed by atoms with Gasteiger partial charge in [0.25, 0.3) is 0 Å². The molecule has 0 atom stereocenters. The highest BCUT2D eigenvalue weighted by atomic mass is 16.5. The Morgan fingerprint density at radius 3 is 2.44 bits per heavy atom. The van der Waals surface area contributed by atoms with E-state index in [-0.39, 0.29) is 5.41 Å². The molecule has 0 aliphatic carbocycles. The highest BCUT2D eigenvalue weighted by Crippen LogP contribution is 2.22. The molecule has 0 N–H and O–H groups in total. The Labute approximate surface area is 97.6 Å². The lowest BCUT2D eigenvalue weighted by Crippen LogP contribution is -2.20. The maximum absolute atomic E-state index is 11.8. The molecular formula is C14H20O2. The van der Waals surface area contributed by atoms with E-state index in [1.165, 1.54) is 0 Å². The third-order valence-electron chi connectivity index (χ3n) is 2.65. The van der Waals surface area contributed by atoms with Crippen LogP contribution in [0.5, 0.6) is 5.75 Å². The maximum atomic E-state index is 11.8. The largest absolute Gasteiger partial charge is 0.496 e. The van der Waals surface area contributed by atoms with Crippen LogP contribution in [-0.4, -0.2) is 12.9 Å². The van der Waals surface area contributed by atoms with Gasteiger partial charge in [0.15, 0.2) is 0 Å². The van der Waals surface area contributed by atoms with Crippen LogP contribution in [0.2, 0.25) is 0 Å². The van der Waals surface area contributed by atoms with E-state index in [0.717, 1.165) is 17.7 Å². The van der Waals surface area contributed by atoms with Gasteiger partial charge in [-0.25, -0.2) is 0 Å². The number of Topliss-reactive ketones (excluding diaryl/α,β-unsaturated/α-hetero) is 1. The van der Waals surface area contributed by atoms with Crippen molar-refractivity contribution in [3.05, 3.63) is 29.8 Å². The molecule has 0 aliphatic rings. The van der Waals surface area contributed by atoms with Gasteiger partial charge in [-0.3, -0.25) is 4.79 Å². The summed E-state index contributed by atoms with van der Waals surface area (Å²) in [5.41, 5.74) is 0.852. The minimum Gasteiger partial charge on any atom is -0.496 e. The molecule has 0 unspecified atom stereocenters. The number of carbonyl (C=O) groups excluding carboxylic acids is 1. The van der Waals surface area contributed by atoms with Crippen molar-refractivity contribution in [3.8, 4) is 5.75 Å². The Bertz CT molecular complexity index is 361. The summed E-state index contributed by atoms with van der Waals surface area (Å²) in [5, 5.41) is 0. The van der Waals surface area contributed by atoms with Crippen LogP contribution in [0.4, 0.5) is 0 Å². The van der Waals surface area contributed by atoms with Crippen molar-refractivity contribution >= 4 is 5.78 Å². The Kier molecular flexibility index (Phi) is 4.11. The third kappa shape index (κ3) is 3.37. The second kappa shape index (κ2) is 5.15. The number of aryl methyl sites for hydroxylation is 1. The fraction of sp³-hybridized carbons (Fsp3) is 0.500. The maximum Gasteiger partial charge on any atom is 0.138 e. The highest BCUT2D eigenvalue weighted by molar-refractivity contribution is 5.83. The average Bonchev–Trinajstić information content (AvgIpc) is 2.24. The fourth-order valence-electron chi connectivity index (χ4n) is 1.53. The van der Waals surface area contributed by atoms with E-state index in [1.807, 2.05) is 45.0 Å². The van der Waals surface area contributed by atoms with Gasteiger partial charge < -0.3 is 4.74 Å². The molecule has 0 saturated carbocycles. The molecule has 0 aliphatic heterocycles. The van der Waals surface area contributed by atoms with Gasteiger partial charge >= 0.3 is 0 Å². The smallest absolute Gasteiger partial charge is 0.138 e. The molecule has 1 aromatic rings. The van der Waals surface area contributed by atoms with Gasteiger partial charge in [-0.1, -0.05) is 39.0 Å². The molecular weight excluding hydrogens is 200 g/mol. The Morgan fingerprint density at radius 1 is 1.25 bits per heavy atom. The van der Waals surface area contributed by atoms with Crippen molar-refractivity contribution in [2.24, 2.45) is 5.41 Å². The lowest BCUT2D eigenvalue weighted by atomic mass is 9.87. The molecule has 0 fully saturated rings. The van der Waals surface area contributed by atoms with E-state index in [1.54, 1.807) is 7.11 Å². The summed E-state index contributed by atoms with van der Waals surface area (Å²) in [6, 6.07) is 7.85. The molecule has 1 rings (SSSR count). The molecule has 0 spiro atoms. The van der Waals surface area contributed by atoms with Crippen molar-refractivity contribution in [1.29, 1.82) is 0 Å². The van der Waals surface area contributed by atoms with Gasteiger partial charge in [0.2, 0.25) is 0 Å². The number of para-hydroxylation sites is 1. The van der Waals surface area contributed by atoms with Gasteiger partial charge in [-0.2, -0.15) is 0 Å². The van der Waals surface area contributed by atoms with Crippen molar-refractivity contribution in [2.45, 2.75) is 33.6 Å². The molecule has 0 amide bonds. The first-order chi connectivity index (χ1) is 7.45. The summed E-state index contributed by atoms with van der Waals surface area (Å²) in [4.78, 5) is 11.8. The predicted molar refractivity (Wildman–Crippen MR) is 65.8 cm³/mol. The summed E-state index contributed by atoms with van der Waals surface area (Å²) in [6.07, 6.45) is 1.32.